The molecule has 5 heteroatoms. The first kappa shape index (κ1) is 13.2. The number of nitrogens with one attached hydrogen (secondary N) is 1. The molecule has 92 valence electrons. The number of aliphatic hydroxyl groups is 1. The first-order valence-electron chi connectivity index (χ1n) is 5.18. The fraction of sp³-hybridized carbons (Fsp3) is 0.333. The van der Waals surface area contributed by atoms with Gasteiger partial charge in [0.15, 0.2) is 6.04 Å². The number of methoxy groups -OCH3 is 1. The third-order valence-corrected chi connectivity index (χ3v) is 2.26. The Labute approximate surface area is 99.4 Å². The first-order valence-corrected chi connectivity index (χ1v) is 5.18. The van der Waals surface area contributed by atoms with E-state index in [9.17, 15) is 14.7 Å². The second-order valence-electron chi connectivity index (χ2n) is 3.58. The number of rotatable bonds is 4. The van der Waals surface area contributed by atoms with Crippen LogP contribution in [-0.2, 0) is 9.53 Å². The van der Waals surface area contributed by atoms with Crippen LogP contribution in [0, 0.1) is 0 Å². The van der Waals surface area contributed by atoms with E-state index >= 15 is 0 Å². The molecule has 5 nitrogen and oxygen atoms in total. The van der Waals surface area contributed by atoms with Crippen molar-refractivity contribution in [3.63, 3.8) is 0 Å². The number of esters is 1. The van der Waals surface area contributed by atoms with Crippen molar-refractivity contribution in [3.05, 3.63) is 35.9 Å². The monoisotopic (exact) mass is 237 g/mol. The zero-order valence-electron chi connectivity index (χ0n) is 9.71. The summed E-state index contributed by atoms with van der Waals surface area (Å²) in [6.07, 6.45) is -1.02. The molecule has 0 saturated heterocycles. The van der Waals surface area contributed by atoms with Gasteiger partial charge in [0.25, 0.3) is 5.91 Å². The summed E-state index contributed by atoms with van der Waals surface area (Å²) in [6.45, 7) is 1.41. The summed E-state index contributed by atoms with van der Waals surface area (Å²) in [4.78, 5) is 23.1. The van der Waals surface area contributed by atoms with Crippen molar-refractivity contribution >= 4 is 11.9 Å². The van der Waals surface area contributed by atoms with Gasteiger partial charge in [0, 0.05) is 5.56 Å². The topological polar surface area (TPSA) is 75.6 Å². The Morgan fingerprint density at radius 3 is 2.35 bits per heavy atom. The lowest BCUT2D eigenvalue weighted by Crippen LogP contribution is -2.48. The molecule has 0 heterocycles. The molecule has 1 amide bonds. The van der Waals surface area contributed by atoms with E-state index < -0.39 is 24.0 Å². The van der Waals surface area contributed by atoms with Crippen LogP contribution in [0.2, 0.25) is 0 Å². The lowest BCUT2D eigenvalue weighted by molar-refractivity contribution is -0.145. The fourth-order valence-corrected chi connectivity index (χ4v) is 1.32. The fourth-order valence-electron chi connectivity index (χ4n) is 1.32. The SMILES string of the molecule is COC(=O)[C@H](NC(=O)c1ccccc1)C(C)O. The van der Waals surface area contributed by atoms with Gasteiger partial charge in [-0.3, -0.25) is 4.79 Å². The molecule has 2 N–H and O–H groups in total. The summed E-state index contributed by atoms with van der Waals surface area (Å²) in [5.41, 5.74) is 0.419. The van der Waals surface area contributed by atoms with Crippen LogP contribution < -0.4 is 5.32 Å². The average Bonchev–Trinajstić information content (AvgIpc) is 2.35. The van der Waals surface area contributed by atoms with Crippen LogP contribution in [-0.4, -0.2) is 36.2 Å². The molecule has 0 aliphatic heterocycles. The summed E-state index contributed by atoms with van der Waals surface area (Å²) in [5, 5.41) is 11.8. The minimum atomic E-state index is -1.06. The number of hydrogen-bond acceptors (Lipinski definition) is 4. The van der Waals surface area contributed by atoms with Gasteiger partial charge in [-0.15, -0.1) is 0 Å². The number of amides is 1. The molecule has 0 spiro atoms. The van der Waals surface area contributed by atoms with Crippen molar-refractivity contribution in [1.82, 2.24) is 5.32 Å². The van der Waals surface area contributed by atoms with Gasteiger partial charge in [0.1, 0.15) is 0 Å². The summed E-state index contributed by atoms with van der Waals surface area (Å²) < 4.78 is 4.50. The Kier molecular flexibility index (Phi) is 4.66. The number of carbonyl (C=O) groups excluding carboxylic acids is 2. The lowest BCUT2D eigenvalue weighted by Gasteiger charge is -2.18. The number of carbonyl (C=O) groups is 2. The summed E-state index contributed by atoms with van der Waals surface area (Å²) in [6, 6.07) is 7.38. The van der Waals surface area contributed by atoms with Gasteiger partial charge in [0.2, 0.25) is 0 Å². The second-order valence-corrected chi connectivity index (χ2v) is 3.58. The maximum atomic E-state index is 11.7. The highest BCUT2D eigenvalue weighted by atomic mass is 16.5. The Balaban J connectivity index is 2.75. The molecule has 2 atom stereocenters. The van der Waals surface area contributed by atoms with Gasteiger partial charge in [-0.05, 0) is 19.1 Å². The quantitative estimate of drug-likeness (QED) is 0.740. The van der Waals surface area contributed by atoms with Crippen LogP contribution in [0.1, 0.15) is 17.3 Å². The lowest BCUT2D eigenvalue weighted by atomic mass is 10.1. The second kappa shape index (κ2) is 6.00. The van der Waals surface area contributed by atoms with Gasteiger partial charge < -0.3 is 15.2 Å². The summed E-state index contributed by atoms with van der Waals surface area (Å²) in [7, 11) is 1.20. The first-order chi connectivity index (χ1) is 8.06. The third kappa shape index (κ3) is 3.57. The zero-order valence-corrected chi connectivity index (χ0v) is 9.71. The minimum Gasteiger partial charge on any atom is -0.467 e. The van der Waals surface area contributed by atoms with E-state index in [2.05, 4.69) is 10.1 Å². The standard InChI is InChI=1S/C12H15NO4/c1-8(14)10(12(16)17-2)13-11(15)9-6-4-3-5-7-9/h3-8,10,14H,1-2H3,(H,13,15)/t8?,10-/m1/s1. The molecule has 0 saturated carbocycles. The van der Waals surface area contributed by atoms with E-state index in [0.717, 1.165) is 0 Å². The molecule has 0 aromatic heterocycles. The van der Waals surface area contributed by atoms with Crippen molar-refractivity contribution in [2.75, 3.05) is 7.11 Å². The van der Waals surface area contributed by atoms with Crippen molar-refractivity contribution in [2.24, 2.45) is 0 Å². The van der Waals surface area contributed by atoms with E-state index in [0.29, 0.717) is 5.56 Å². The molecule has 1 aromatic carbocycles. The Morgan fingerprint density at radius 2 is 1.88 bits per heavy atom. The molecule has 0 fully saturated rings. The predicted octanol–water partition coefficient (Wildman–Crippen LogP) is 0.339. The number of benzene rings is 1. The number of aliphatic hydroxyl groups excluding tert-OH is 1. The molecular weight excluding hydrogens is 222 g/mol. The molecule has 1 unspecified atom stereocenters. The summed E-state index contributed by atoms with van der Waals surface area (Å²) in [5.74, 6) is -1.11. The molecule has 0 bridgehead atoms. The van der Waals surface area contributed by atoms with Crippen LogP contribution in [0.25, 0.3) is 0 Å². The molecule has 0 aliphatic rings. The molecule has 1 aromatic rings. The van der Waals surface area contributed by atoms with Crippen molar-refractivity contribution < 1.29 is 19.4 Å². The molecule has 1 rings (SSSR count). The van der Waals surface area contributed by atoms with Gasteiger partial charge in [0.05, 0.1) is 13.2 Å². The third-order valence-electron chi connectivity index (χ3n) is 2.26. The highest BCUT2D eigenvalue weighted by Gasteiger charge is 2.26. The predicted molar refractivity (Wildman–Crippen MR) is 61.4 cm³/mol. The van der Waals surface area contributed by atoms with E-state index in [1.165, 1.54) is 14.0 Å². The zero-order chi connectivity index (χ0) is 12.8. The van der Waals surface area contributed by atoms with Gasteiger partial charge in [-0.1, -0.05) is 18.2 Å². The smallest absolute Gasteiger partial charge is 0.331 e. The number of hydrogen-bond donors (Lipinski definition) is 2. The van der Waals surface area contributed by atoms with Gasteiger partial charge in [-0.2, -0.15) is 0 Å². The largest absolute Gasteiger partial charge is 0.467 e. The number of ether oxygens (including phenoxy) is 1. The maximum Gasteiger partial charge on any atom is 0.331 e. The molecule has 17 heavy (non-hydrogen) atoms. The maximum absolute atomic E-state index is 11.7. The van der Waals surface area contributed by atoms with Crippen molar-refractivity contribution in [3.8, 4) is 0 Å². The molecule has 0 radical (unpaired) electrons. The van der Waals surface area contributed by atoms with Crippen LogP contribution in [0.15, 0.2) is 30.3 Å². The Hall–Kier alpha value is -1.88. The van der Waals surface area contributed by atoms with Crippen molar-refractivity contribution in [2.45, 2.75) is 19.1 Å². The van der Waals surface area contributed by atoms with E-state index in [1.807, 2.05) is 0 Å². The molecular formula is C12H15NO4. The highest BCUT2D eigenvalue weighted by Crippen LogP contribution is 2.02. The van der Waals surface area contributed by atoms with Crippen LogP contribution in [0.3, 0.4) is 0 Å². The van der Waals surface area contributed by atoms with Crippen molar-refractivity contribution in [1.29, 1.82) is 0 Å². The van der Waals surface area contributed by atoms with E-state index in [1.54, 1.807) is 30.3 Å². The van der Waals surface area contributed by atoms with Crippen LogP contribution in [0.5, 0.6) is 0 Å². The Morgan fingerprint density at radius 1 is 1.29 bits per heavy atom. The summed E-state index contributed by atoms with van der Waals surface area (Å²) >= 11 is 0. The minimum absolute atomic E-state index is 0.419. The van der Waals surface area contributed by atoms with E-state index in [4.69, 9.17) is 0 Å². The van der Waals surface area contributed by atoms with Gasteiger partial charge in [-0.25, -0.2) is 4.79 Å². The average molecular weight is 237 g/mol. The molecule has 0 aliphatic carbocycles. The highest BCUT2D eigenvalue weighted by molar-refractivity contribution is 5.96. The van der Waals surface area contributed by atoms with Gasteiger partial charge >= 0.3 is 5.97 Å². The normalized spacial score (nSPS) is 13.6. The Bertz CT molecular complexity index is 389. The van der Waals surface area contributed by atoms with Crippen LogP contribution in [0.4, 0.5) is 0 Å². The van der Waals surface area contributed by atoms with E-state index in [-0.39, 0.29) is 0 Å². The van der Waals surface area contributed by atoms with Crippen LogP contribution >= 0.6 is 0 Å².